The summed E-state index contributed by atoms with van der Waals surface area (Å²) in [7, 11) is 0. The second-order valence-corrected chi connectivity index (χ2v) is 9.24. The Morgan fingerprint density at radius 2 is 1.69 bits per heavy atom. The van der Waals surface area contributed by atoms with Crippen molar-refractivity contribution in [1.82, 2.24) is 9.80 Å². The molecule has 0 bridgehead atoms. The van der Waals surface area contributed by atoms with Crippen molar-refractivity contribution in [3.8, 4) is 5.75 Å². The van der Waals surface area contributed by atoms with Crippen molar-refractivity contribution in [3.63, 3.8) is 0 Å². The summed E-state index contributed by atoms with van der Waals surface area (Å²) < 4.78 is 0. The highest BCUT2D eigenvalue weighted by molar-refractivity contribution is 8.01. The smallest absolute Gasteiger partial charge is 0.331 e. The van der Waals surface area contributed by atoms with Crippen molar-refractivity contribution in [1.29, 1.82) is 0 Å². The number of fused-ring (bicyclic) bond motifs is 1. The van der Waals surface area contributed by atoms with E-state index in [0.717, 1.165) is 0 Å². The zero-order valence-electron chi connectivity index (χ0n) is 15.9. The third-order valence-electron chi connectivity index (χ3n) is 5.28. The van der Waals surface area contributed by atoms with Gasteiger partial charge in [0.15, 0.2) is 6.04 Å². The molecular weight excluding hydrogens is 392 g/mol. The Kier molecular flexibility index (Phi) is 4.53. The molecule has 29 heavy (non-hydrogen) atoms. The van der Waals surface area contributed by atoms with Gasteiger partial charge < -0.3 is 20.0 Å². The van der Waals surface area contributed by atoms with E-state index in [2.05, 4.69) is 0 Å². The van der Waals surface area contributed by atoms with Crippen molar-refractivity contribution < 1.29 is 24.6 Å². The number of likely N-dealkylation sites (tertiary alicyclic amines) is 1. The molecule has 0 aliphatic carbocycles. The minimum Gasteiger partial charge on any atom is -0.508 e. The van der Waals surface area contributed by atoms with Gasteiger partial charge in [0.05, 0.1) is 4.87 Å². The van der Waals surface area contributed by atoms with Crippen LogP contribution in [0.15, 0.2) is 54.6 Å². The second kappa shape index (κ2) is 6.81. The number of nitrogens with zero attached hydrogens (tertiary/aromatic N) is 2. The van der Waals surface area contributed by atoms with Crippen molar-refractivity contribution in [2.75, 3.05) is 0 Å². The SMILES string of the molecule is CC1(C)SC2C(C(=O)N2C(C(=O)O)c2ccc(O)cc2)N1C(=O)c1ccccc1. The zero-order valence-corrected chi connectivity index (χ0v) is 16.7. The van der Waals surface area contributed by atoms with E-state index in [0.29, 0.717) is 11.1 Å². The van der Waals surface area contributed by atoms with Crippen LogP contribution in [0.1, 0.15) is 35.8 Å². The van der Waals surface area contributed by atoms with Gasteiger partial charge in [-0.3, -0.25) is 9.59 Å². The van der Waals surface area contributed by atoms with E-state index in [1.807, 2.05) is 19.9 Å². The fraction of sp³-hybridized carbons (Fsp3) is 0.286. The van der Waals surface area contributed by atoms with E-state index in [1.54, 1.807) is 29.2 Å². The van der Waals surface area contributed by atoms with Crippen LogP contribution in [0.4, 0.5) is 0 Å². The largest absolute Gasteiger partial charge is 0.508 e. The average Bonchev–Trinajstić information content (AvgIpc) is 2.94. The van der Waals surface area contributed by atoms with Gasteiger partial charge in [-0.2, -0.15) is 0 Å². The number of carboxylic acids is 1. The first-order valence-electron chi connectivity index (χ1n) is 9.13. The number of rotatable bonds is 4. The third kappa shape index (κ3) is 3.04. The molecule has 2 amide bonds. The van der Waals surface area contributed by atoms with Gasteiger partial charge in [0, 0.05) is 5.56 Å². The second-order valence-electron chi connectivity index (χ2n) is 7.52. The van der Waals surface area contributed by atoms with Gasteiger partial charge in [-0.05, 0) is 43.7 Å². The number of carboxylic acid groups (broad SMARTS) is 1. The summed E-state index contributed by atoms with van der Waals surface area (Å²) in [5, 5.41) is 18.8. The molecule has 2 aromatic carbocycles. The molecular formula is C21H20N2O5S. The zero-order chi connectivity index (χ0) is 20.9. The summed E-state index contributed by atoms with van der Waals surface area (Å²) in [5.41, 5.74) is 0.884. The van der Waals surface area contributed by atoms with Crippen LogP contribution < -0.4 is 0 Å². The van der Waals surface area contributed by atoms with Crippen LogP contribution in [0.2, 0.25) is 0 Å². The van der Waals surface area contributed by atoms with E-state index < -0.39 is 34.2 Å². The lowest BCUT2D eigenvalue weighted by Gasteiger charge is -2.47. The van der Waals surface area contributed by atoms with E-state index in [4.69, 9.17) is 0 Å². The molecule has 4 rings (SSSR count). The lowest BCUT2D eigenvalue weighted by atomic mass is 9.95. The predicted octanol–water partition coefficient (Wildman–Crippen LogP) is 2.68. The van der Waals surface area contributed by atoms with Gasteiger partial charge in [0.25, 0.3) is 5.91 Å². The van der Waals surface area contributed by atoms with Gasteiger partial charge in [0.1, 0.15) is 17.2 Å². The Morgan fingerprint density at radius 1 is 1.07 bits per heavy atom. The number of carbonyl (C=O) groups is 3. The number of benzene rings is 2. The molecule has 2 aromatic rings. The third-order valence-corrected chi connectivity index (χ3v) is 6.78. The van der Waals surface area contributed by atoms with Crippen LogP contribution in [0.25, 0.3) is 0 Å². The Bertz CT molecular complexity index is 976. The number of β-lactam (4-membered cyclic amide) rings is 1. The summed E-state index contributed by atoms with van der Waals surface area (Å²) in [5.74, 6) is -1.78. The number of amides is 2. The van der Waals surface area contributed by atoms with Crippen molar-refractivity contribution in [2.45, 2.75) is 36.2 Å². The first-order valence-corrected chi connectivity index (χ1v) is 10.0. The van der Waals surface area contributed by atoms with E-state index in [-0.39, 0.29) is 11.7 Å². The Balaban J connectivity index is 1.66. The number of phenols is 1. The molecule has 2 aliphatic rings. The maximum Gasteiger partial charge on any atom is 0.331 e. The van der Waals surface area contributed by atoms with Gasteiger partial charge >= 0.3 is 5.97 Å². The number of carbonyl (C=O) groups excluding carboxylic acids is 2. The summed E-state index contributed by atoms with van der Waals surface area (Å²) in [6.07, 6.45) is 0. The molecule has 0 radical (unpaired) electrons. The molecule has 0 saturated carbocycles. The number of phenolic OH excluding ortho intramolecular Hbond substituents is 1. The Labute approximate surface area is 171 Å². The molecule has 3 unspecified atom stereocenters. The Morgan fingerprint density at radius 3 is 2.28 bits per heavy atom. The summed E-state index contributed by atoms with van der Waals surface area (Å²) in [6.45, 7) is 3.72. The summed E-state index contributed by atoms with van der Waals surface area (Å²) in [4.78, 5) is 40.4. The molecule has 7 nitrogen and oxygen atoms in total. The molecule has 3 atom stereocenters. The lowest BCUT2D eigenvalue weighted by molar-refractivity contribution is -0.164. The van der Waals surface area contributed by atoms with E-state index in [1.165, 1.54) is 40.9 Å². The minimum atomic E-state index is -1.18. The standard InChI is InChI=1S/C21H20N2O5S/c1-21(2)23(17(25)13-6-4-3-5-7-13)16-18(26)22(19(16)29-21)15(20(27)28)12-8-10-14(24)11-9-12/h3-11,15-16,19,24H,1-2H3,(H,27,28). The lowest BCUT2D eigenvalue weighted by Crippen LogP contribution is -2.68. The van der Waals surface area contributed by atoms with Gasteiger partial charge in [-0.1, -0.05) is 30.3 Å². The highest BCUT2D eigenvalue weighted by Gasteiger charge is 2.65. The van der Waals surface area contributed by atoms with E-state index >= 15 is 0 Å². The quantitative estimate of drug-likeness (QED) is 0.750. The minimum absolute atomic E-state index is 0.0155. The van der Waals surface area contributed by atoms with Crippen LogP contribution in [0.3, 0.4) is 0 Å². The highest BCUT2D eigenvalue weighted by atomic mass is 32.2. The molecule has 2 fully saturated rings. The summed E-state index contributed by atoms with van der Waals surface area (Å²) in [6, 6.07) is 12.6. The molecule has 0 spiro atoms. The predicted molar refractivity (Wildman–Crippen MR) is 107 cm³/mol. The molecule has 2 N–H and O–H groups in total. The molecule has 2 saturated heterocycles. The van der Waals surface area contributed by atoms with Gasteiger partial charge in [0.2, 0.25) is 5.91 Å². The van der Waals surface area contributed by atoms with Crippen molar-refractivity contribution in [2.24, 2.45) is 0 Å². The normalized spacial score (nSPS) is 23.3. The number of hydrogen-bond acceptors (Lipinski definition) is 5. The number of hydrogen-bond donors (Lipinski definition) is 2. The highest BCUT2D eigenvalue weighted by Crippen LogP contribution is 2.54. The molecule has 0 aromatic heterocycles. The average molecular weight is 412 g/mol. The van der Waals surface area contributed by atoms with Crippen molar-refractivity contribution >= 4 is 29.5 Å². The fourth-order valence-corrected chi connectivity index (χ4v) is 5.57. The molecule has 8 heteroatoms. The van der Waals surface area contributed by atoms with Gasteiger partial charge in [-0.15, -0.1) is 11.8 Å². The monoisotopic (exact) mass is 412 g/mol. The number of aromatic hydroxyl groups is 1. The Hall–Kier alpha value is -3.00. The first-order chi connectivity index (χ1) is 13.7. The molecule has 150 valence electrons. The van der Waals surface area contributed by atoms with Gasteiger partial charge in [-0.25, -0.2) is 4.79 Å². The van der Waals surface area contributed by atoms with Crippen LogP contribution >= 0.6 is 11.8 Å². The maximum atomic E-state index is 13.1. The molecule has 2 aliphatic heterocycles. The first kappa shape index (κ1) is 19.3. The van der Waals surface area contributed by atoms with E-state index in [9.17, 15) is 24.6 Å². The fourth-order valence-electron chi connectivity index (χ4n) is 3.96. The summed E-state index contributed by atoms with van der Waals surface area (Å²) >= 11 is 1.40. The van der Waals surface area contributed by atoms with Crippen molar-refractivity contribution in [3.05, 3.63) is 65.7 Å². The number of thioether (sulfide) groups is 1. The number of aliphatic carboxylic acids is 1. The van der Waals surface area contributed by atoms with Crippen LogP contribution in [-0.2, 0) is 9.59 Å². The van der Waals surface area contributed by atoms with Crippen LogP contribution in [0.5, 0.6) is 5.75 Å². The van der Waals surface area contributed by atoms with Crippen LogP contribution in [0, 0.1) is 0 Å². The topological polar surface area (TPSA) is 98.2 Å². The maximum absolute atomic E-state index is 13.1. The molecule has 2 heterocycles. The van der Waals surface area contributed by atoms with Crippen LogP contribution in [-0.4, -0.2) is 54.1 Å².